The quantitative estimate of drug-likeness (QED) is 0.207. The van der Waals surface area contributed by atoms with Crippen molar-refractivity contribution in [2.75, 3.05) is 4.90 Å². The van der Waals surface area contributed by atoms with Gasteiger partial charge in [-0.1, -0.05) is 97.1 Å². The van der Waals surface area contributed by atoms with Gasteiger partial charge in [0.1, 0.15) is 0 Å². The van der Waals surface area contributed by atoms with Crippen LogP contribution in [0.2, 0.25) is 0 Å². The summed E-state index contributed by atoms with van der Waals surface area (Å²) in [5, 5.41) is 7.58. The molecular weight excluding hydrogens is 530 g/mol. The average Bonchev–Trinajstić information content (AvgIpc) is 3.08. The summed E-state index contributed by atoms with van der Waals surface area (Å²) in [5.74, 6) is 0. The molecule has 0 spiro atoms. The number of para-hydroxylation sites is 1. The molecule has 0 bridgehead atoms. The van der Waals surface area contributed by atoms with E-state index in [2.05, 4.69) is 170 Å². The van der Waals surface area contributed by atoms with E-state index < -0.39 is 0 Å². The van der Waals surface area contributed by atoms with Crippen LogP contribution in [0.25, 0.3) is 65.7 Å². The summed E-state index contributed by atoms with van der Waals surface area (Å²) in [6, 6.07) is 57.9. The highest BCUT2D eigenvalue weighted by Crippen LogP contribution is 2.51. The van der Waals surface area contributed by atoms with Gasteiger partial charge in [-0.2, -0.15) is 0 Å². The van der Waals surface area contributed by atoms with E-state index >= 15 is 0 Å². The van der Waals surface area contributed by atoms with Gasteiger partial charge in [0.05, 0.1) is 0 Å². The molecule has 1 heteroatoms. The Labute approximate surface area is 257 Å². The van der Waals surface area contributed by atoms with E-state index in [0.717, 1.165) is 11.4 Å². The minimum atomic E-state index is 1.16. The van der Waals surface area contributed by atoms with Crippen LogP contribution in [0, 0.1) is 6.92 Å². The van der Waals surface area contributed by atoms with Crippen molar-refractivity contribution in [1.82, 2.24) is 0 Å². The fourth-order valence-corrected chi connectivity index (χ4v) is 6.92. The van der Waals surface area contributed by atoms with Crippen LogP contribution in [0.15, 0.2) is 158 Å². The zero-order valence-corrected chi connectivity index (χ0v) is 24.5. The molecule has 0 N–H and O–H groups in total. The lowest BCUT2D eigenvalue weighted by atomic mass is 9.77. The van der Waals surface area contributed by atoms with Gasteiger partial charge in [-0.3, -0.25) is 0 Å². The van der Waals surface area contributed by atoms with Crippen LogP contribution in [0.1, 0.15) is 5.56 Å². The second-order valence-electron chi connectivity index (χ2n) is 11.9. The summed E-state index contributed by atoms with van der Waals surface area (Å²) >= 11 is 0. The van der Waals surface area contributed by atoms with Gasteiger partial charge in [-0.05, 0) is 139 Å². The number of anilines is 3. The summed E-state index contributed by atoms with van der Waals surface area (Å²) in [6.45, 7) is 2.19. The van der Waals surface area contributed by atoms with E-state index in [4.69, 9.17) is 0 Å². The second-order valence-corrected chi connectivity index (χ2v) is 11.9. The lowest BCUT2D eigenvalue weighted by Crippen LogP contribution is -2.11. The van der Waals surface area contributed by atoms with Gasteiger partial charge in [0.25, 0.3) is 0 Å². The molecule has 1 aliphatic rings. The maximum atomic E-state index is 2.40. The number of hydrogen-bond acceptors (Lipinski definition) is 1. The molecular formula is C43H29N. The third kappa shape index (κ3) is 3.94. The largest absolute Gasteiger partial charge is 0.310 e. The van der Waals surface area contributed by atoms with E-state index in [1.165, 1.54) is 76.9 Å². The average molecular weight is 560 g/mol. The molecule has 0 saturated heterocycles. The minimum absolute atomic E-state index is 1.16. The molecule has 1 nitrogen and oxygen atoms in total. The summed E-state index contributed by atoms with van der Waals surface area (Å²) in [5.41, 5.74) is 12.6. The third-order valence-corrected chi connectivity index (χ3v) is 9.23. The van der Waals surface area contributed by atoms with Gasteiger partial charge in [0.15, 0.2) is 0 Å². The molecule has 206 valence electrons. The van der Waals surface area contributed by atoms with Crippen molar-refractivity contribution in [2.24, 2.45) is 0 Å². The first-order valence-corrected chi connectivity index (χ1v) is 15.3. The molecule has 0 fully saturated rings. The summed E-state index contributed by atoms with van der Waals surface area (Å²) in [4.78, 5) is 2.40. The molecule has 0 atom stereocenters. The number of rotatable bonds is 4. The first kappa shape index (κ1) is 24.9. The number of nitrogens with zero attached hydrogens (tertiary/aromatic N) is 1. The Morgan fingerprint density at radius 2 is 0.841 bits per heavy atom. The smallest absolute Gasteiger partial charge is 0.0490 e. The van der Waals surface area contributed by atoms with Crippen molar-refractivity contribution in [1.29, 1.82) is 0 Å². The molecule has 0 aromatic heterocycles. The molecule has 0 heterocycles. The molecule has 8 aromatic rings. The topological polar surface area (TPSA) is 3.24 Å². The Morgan fingerprint density at radius 3 is 1.55 bits per heavy atom. The first-order valence-electron chi connectivity index (χ1n) is 15.3. The first-order chi connectivity index (χ1) is 21.7. The molecule has 0 saturated carbocycles. The maximum Gasteiger partial charge on any atom is 0.0490 e. The lowest BCUT2D eigenvalue weighted by Gasteiger charge is -2.29. The molecule has 9 rings (SSSR count). The molecule has 0 radical (unpaired) electrons. The predicted octanol–water partition coefficient (Wildman–Crippen LogP) is 12.2. The number of hydrogen-bond donors (Lipinski definition) is 0. The van der Waals surface area contributed by atoms with Gasteiger partial charge < -0.3 is 4.90 Å². The number of aryl methyl sites for hydroxylation is 1. The van der Waals surface area contributed by atoms with Crippen LogP contribution in [0.4, 0.5) is 17.1 Å². The molecule has 0 aliphatic heterocycles. The molecule has 44 heavy (non-hydrogen) atoms. The van der Waals surface area contributed by atoms with Crippen molar-refractivity contribution >= 4 is 49.4 Å². The van der Waals surface area contributed by atoms with Crippen LogP contribution in [0.3, 0.4) is 0 Å². The van der Waals surface area contributed by atoms with Crippen molar-refractivity contribution in [3.05, 3.63) is 163 Å². The van der Waals surface area contributed by atoms with E-state index in [1.807, 2.05) is 0 Å². The van der Waals surface area contributed by atoms with Crippen LogP contribution in [-0.2, 0) is 0 Å². The van der Waals surface area contributed by atoms with E-state index in [9.17, 15) is 0 Å². The Bertz CT molecular complexity index is 2400. The predicted molar refractivity (Wildman–Crippen MR) is 188 cm³/mol. The highest BCUT2D eigenvalue weighted by atomic mass is 15.1. The molecule has 0 unspecified atom stereocenters. The normalized spacial score (nSPS) is 11.8. The second kappa shape index (κ2) is 9.69. The van der Waals surface area contributed by atoms with Crippen LogP contribution in [0.5, 0.6) is 0 Å². The minimum Gasteiger partial charge on any atom is -0.310 e. The van der Waals surface area contributed by atoms with Crippen molar-refractivity contribution in [3.63, 3.8) is 0 Å². The Balaban J connectivity index is 1.15. The zero-order chi connectivity index (χ0) is 29.2. The van der Waals surface area contributed by atoms with Gasteiger partial charge in [0.2, 0.25) is 0 Å². The van der Waals surface area contributed by atoms with Crippen LogP contribution < -0.4 is 4.90 Å². The Morgan fingerprint density at radius 1 is 0.341 bits per heavy atom. The SMILES string of the molecule is Cc1ccccc1N(c1ccc2ccccc2c1)c1ccc2cc3c(cc2c1)-c1cc2ccc(-c4ccccc4)cc2cc1-3. The molecule has 1 aliphatic carbocycles. The summed E-state index contributed by atoms with van der Waals surface area (Å²) in [7, 11) is 0. The van der Waals surface area contributed by atoms with Gasteiger partial charge in [-0.25, -0.2) is 0 Å². The number of benzene rings is 8. The Hall–Kier alpha value is -5.66. The van der Waals surface area contributed by atoms with Gasteiger partial charge in [-0.15, -0.1) is 0 Å². The Kier molecular flexibility index (Phi) is 5.48. The fraction of sp³-hybridized carbons (Fsp3) is 0.0233. The third-order valence-electron chi connectivity index (χ3n) is 9.23. The maximum absolute atomic E-state index is 2.40. The highest BCUT2D eigenvalue weighted by molar-refractivity contribution is 6.12. The van der Waals surface area contributed by atoms with Gasteiger partial charge >= 0.3 is 0 Å². The summed E-state index contributed by atoms with van der Waals surface area (Å²) in [6.07, 6.45) is 0. The fourth-order valence-electron chi connectivity index (χ4n) is 6.92. The lowest BCUT2D eigenvalue weighted by molar-refractivity contribution is 1.26. The highest BCUT2D eigenvalue weighted by Gasteiger charge is 2.24. The van der Waals surface area contributed by atoms with E-state index in [-0.39, 0.29) is 0 Å². The van der Waals surface area contributed by atoms with Crippen LogP contribution in [-0.4, -0.2) is 0 Å². The molecule has 8 aromatic carbocycles. The van der Waals surface area contributed by atoms with Gasteiger partial charge in [0, 0.05) is 17.1 Å². The van der Waals surface area contributed by atoms with Crippen molar-refractivity contribution in [3.8, 4) is 33.4 Å². The standard InChI is InChI=1S/C43H29N/c1-28-9-5-8-14-43(28)44(37-19-17-30-12-6-7-13-31(30)22-37)38-20-18-34-25-40-41-26-35-21-32(29-10-3-2-4-11-29)15-16-33(35)24-39(41)42(40)27-36(34)23-38/h2-27H,1H3. The summed E-state index contributed by atoms with van der Waals surface area (Å²) < 4.78 is 0. The monoisotopic (exact) mass is 559 g/mol. The van der Waals surface area contributed by atoms with Crippen molar-refractivity contribution in [2.45, 2.75) is 6.92 Å². The zero-order valence-electron chi connectivity index (χ0n) is 24.5. The van der Waals surface area contributed by atoms with E-state index in [0.29, 0.717) is 0 Å². The van der Waals surface area contributed by atoms with Crippen LogP contribution >= 0.6 is 0 Å². The molecule has 0 amide bonds. The number of fused-ring (bicyclic) bond motifs is 7. The van der Waals surface area contributed by atoms with E-state index in [1.54, 1.807) is 0 Å². The van der Waals surface area contributed by atoms with Crippen molar-refractivity contribution < 1.29 is 0 Å².